The van der Waals surface area contributed by atoms with E-state index in [1.54, 1.807) is 0 Å². The van der Waals surface area contributed by atoms with Gasteiger partial charge in [-0.2, -0.15) is 5.26 Å². The lowest BCUT2D eigenvalue weighted by Gasteiger charge is -2.32. The van der Waals surface area contributed by atoms with Gasteiger partial charge in [0.2, 0.25) is 5.91 Å². The van der Waals surface area contributed by atoms with Gasteiger partial charge in [-0.05, 0) is 76.9 Å². The van der Waals surface area contributed by atoms with Gasteiger partial charge in [0.05, 0.1) is 17.5 Å². The zero-order valence-corrected chi connectivity index (χ0v) is 20.8. The van der Waals surface area contributed by atoms with Gasteiger partial charge >= 0.3 is 0 Å². The summed E-state index contributed by atoms with van der Waals surface area (Å²) >= 11 is 6.26. The minimum absolute atomic E-state index is 0.109. The summed E-state index contributed by atoms with van der Waals surface area (Å²) in [5.41, 5.74) is 1.53. The van der Waals surface area contributed by atoms with Gasteiger partial charge in [-0.25, -0.2) is 0 Å². The van der Waals surface area contributed by atoms with E-state index in [0.717, 1.165) is 62.4 Å². The zero-order chi connectivity index (χ0) is 24.2. The van der Waals surface area contributed by atoms with Crippen LogP contribution in [0.4, 0.5) is 0 Å². The molecule has 1 heterocycles. The maximum atomic E-state index is 13.5. The highest BCUT2D eigenvalue weighted by molar-refractivity contribution is 6.31. The molecule has 0 radical (unpaired) electrons. The molecular formula is C26H34ClN5O2. The Balaban J connectivity index is 1.52. The van der Waals surface area contributed by atoms with Crippen molar-refractivity contribution in [1.29, 1.82) is 5.26 Å². The van der Waals surface area contributed by atoms with Crippen LogP contribution in [0.3, 0.4) is 0 Å². The van der Waals surface area contributed by atoms with E-state index in [9.17, 15) is 14.9 Å². The molecule has 1 aromatic heterocycles. The van der Waals surface area contributed by atoms with Crippen LogP contribution in [-0.2, 0) is 11.3 Å². The van der Waals surface area contributed by atoms with Crippen molar-refractivity contribution in [2.75, 3.05) is 20.6 Å². The standard InChI is InChI=1S/C26H34ClN5O2/c1-31(2)12-5-13-32-23-15-19(27)11-10-18(23)14-24(32)26(34)29-21-7-4-3-6-20(21)25(33)30-22(16-28)17-8-9-17/h10-11,14-15,17,20-22H,3-9,12-13H2,1-2H3,(H,29,34)(H,30,33). The molecule has 0 aliphatic heterocycles. The summed E-state index contributed by atoms with van der Waals surface area (Å²) < 4.78 is 2.04. The third-order valence-corrected chi connectivity index (χ3v) is 7.27. The number of aryl methyl sites for hydroxylation is 1. The number of nitriles is 1. The normalized spacial score (nSPS) is 21.3. The number of fused-ring (bicyclic) bond motifs is 1. The lowest BCUT2D eigenvalue weighted by Crippen LogP contribution is -2.50. The molecular weight excluding hydrogens is 450 g/mol. The molecule has 0 spiro atoms. The molecule has 2 amide bonds. The van der Waals surface area contributed by atoms with E-state index in [2.05, 4.69) is 21.6 Å². The molecule has 2 aromatic rings. The lowest BCUT2D eigenvalue weighted by molar-refractivity contribution is -0.127. The number of carbonyl (C=O) groups excluding carboxylic acids is 2. The average molecular weight is 484 g/mol. The number of rotatable bonds is 9. The summed E-state index contributed by atoms with van der Waals surface area (Å²) in [5.74, 6) is -0.314. The Labute approximate surface area is 206 Å². The van der Waals surface area contributed by atoms with Crippen LogP contribution in [0.15, 0.2) is 24.3 Å². The lowest BCUT2D eigenvalue weighted by atomic mass is 9.83. The molecule has 182 valence electrons. The first-order valence-corrected chi connectivity index (χ1v) is 12.7. The van der Waals surface area contributed by atoms with Crippen molar-refractivity contribution in [3.63, 3.8) is 0 Å². The molecule has 1 aromatic carbocycles. The number of hydrogen-bond donors (Lipinski definition) is 2. The van der Waals surface area contributed by atoms with Crippen molar-refractivity contribution < 1.29 is 9.59 Å². The molecule has 3 unspecified atom stereocenters. The van der Waals surface area contributed by atoms with E-state index in [0.29, 0.717) is 17.3 Å². The van der Waals surface area contributed by atoms with E-state index in [4.69, 9.17) is 11.6 Å². The smallest absolute Gasteiger partial charge is 0.268 e. The van der Waals surface area contributed by atoms with Crippen molar-refractivity contribution in [3.05, 3.63) is 35.0 Å². The molecule has 2 fully saturated rings. The predicted molar refractivity (Wildman–Crippen MR) is 134 cm³/mol. The third kappa shape index (κ3) is 5.73. The number of carbonyl (C=O) groups is 2. The van der Waals surface area contributed by atoms with Crippen molar-refractivity contribution >= 4 is 34.3 Å². The Morgan fingerprint density at radius 3 is 2.68 bits per heavy atom. The van der Waals surface area contributed by atoms with Gasteiger partial charge in [-0.1, -0.05) is 30.5 Å². The number of hydrogen-bond acceptors (Lipinski definition) is 4. The van der Waals surface area contributed by atoms with Crippen LogP contribution >= 0.6 is 11.6 Å². The summed E-state index contributed by atoms with van der Waals surface area (Å²) in [6.45, 7) is 1.61. The molecule has 2 saturated carbocycles. The summed E-state index contributed by atoms with van der Waals surface area (Å²) in [5, 5.41) is 17.1. The van der Waals surface area contributed by atoms with Gasteiger partial charge in [-0.3, -0.25) is 9.59 Å². The second-order valence-electron chi connectivity index (χ2n) is 9.96. The first kappa shape index (κ1) is 24.6. The molecule has 8 heteroatoms. The first-order valence-electron chi connectivity index (χ1n) is 12.3. The van der Waals surface area contributed by atoms with Crippen LogP contribution in [-0.4, -0.2) is 54.0 Å². The van der Waals surface area contributed by atoms with Gasteiger partial charge in [0, 0.05) is 23.0 Å². The fourth-order valence-electron chi connectivity index (χ4n) is 5.01. The minimum Gasteiger partial charge on any atom is -0.347 e. The summed E-state index contributed by atoms with van der Waals surface area (Å²) in [6.07, 6.45) is 6.29. The van der Waals surface area contributed by atoms with Crippen LogP contribution in [0.1, 0.15) is 55.4 Å². The monoisotopic (exact) mass is 483 g/mol. The van der Waals surface area contributed by atoms with Gasteiger partial charge < -0.3 is 20.1 Å². The number of nitrogens with one attached hydrogen (secondary N) is 2. The predicted octanol–water partition coefficient (Wildman–Crippen LogP) is 3.95. The van der Waals surface area contributed by atoms with E-state index in [-0.39, 0.29) is 29.7 Å². The van der Waals surface area contributed by atoms with Crippen molar-refractivity contribution in [2.24, 2.45) is 11.8 Å². The van der Waals surface area contributed by atoms with Crippen LogP contribution in [0.2, 0.25) is 5.02 Å². The summed E-state index contributed by atoms with van der Waals surface area (Å²) in [6, 6.07) is 9.16. The topological polar surface area (TPSA) is 90.2 Å². The Morgan fingerprint density at radius 2 is 1.97 bits per heavy atom. The molecule has 7 nitrogen and oxygen atoms in total. The molecule has 2 aliphatic carbocycles. The number of nitrogens with zero attached hydrogens (tertiary/aromatic N) is 3. The van der Waals surface area contributed by atoms with Crippen LogP contribution < -0.4 is 10.6 Å². The molecule has 2 N–H and O–H groups in total. The molecule has 34 heavy (non-hydrogen) atoms. The third-order valence-electron chi connectivity index (χ3n) is 7.04. The van der Waals surface area contributed by atoms with Gasteiger partial charge in [-0.15, -0.1) is 0 Å². The summed E-state index contributed by atoms with van der Waals surface area (Å²) in [4.78, 5) is 28.7. The Morgan fingerprint density at radius 1 is 1.21 bits per heavy atom. The van der Waals surface area contributed by atoms with Crippen molar-refractivity contribution in [3.8, 4) is 6.07 Å². The second-order valence-corrected chi connectivity index (χ2v) is 10.4. The number of aromatic nitrogens is 1. The molecule has 0 saturated heterocycles. The van der Waals surface area contributed by atoms with Crippen molar-refractivity contribution in [1.82, 2.24) is 20.1 Å². The first-order chi connectivity index (χ1) is 16.4. The number of benzene rings is 1. The SMILES string of the molecule is CN(C)CCCn1c(C(=O)NC2CCCCC2C(=O)NC(C#N)C2CC2)cc2ccc(Cl)cc21. The van der Waals surface area contributed by atoms with Crippen LogP contribution in [0.25, 0.3) is 10.9 Å². The quantitative estimate of drug-likeness (QED) is 0.565. The maximum absolute atomic E-state index is 13.5. The van der Waals surface area contributed by atoms with E-state index in [1.807, 2.05) is 42.9 Å². The van der Waals surface area contributed by atoms with Crippen LogP contribution in [0, 0.1) is 23.2 Å². The van der Waals surface area contributed by atoms with E-state index in [1.165, 1.54) is 0 Å². The fourth-order valence-corrected chi connectivity index (χ4v) is 5.17. The highest BCUT2D eigenvalue weighted by Crippen LogP contribution is 2.33. The fraction of sp³-hybridized carbons (Fsp3) is 0.577. The average Bonchev–Trinajstić information content (AvgIpc) is 3.59. The Kier molecular flexibility index (Phi) is 7.80. The van der Waals surface area contributed by atoms with E-state index < -0.39 is 6.04 Å². The van der Waals surface area contributed by atoms with E-state index >= 15 is 0 Å². The van der Waals surface area contributed by atoms with Crippen LogP contribution in [0.5, 0.6) is 0 Å². The van der Waals surface area contributed by atoms with Crippen molar-refractivity contribution in [2.45, 2.75) is 63.6 Å². The molecule has 3 atom stereocenters. The highest BCUT2D eigenvalue weighted by atomic mass is 35.5. The molecule has 0 bridgehead atoms. The number of halogens is 1. The summed E-state index contributed by atoms with van der Waals surface area (Å²) in [7, 11) is 4.07. The number of amides is 2. The maximum Gasteiger partial charge on any atom is 0.268 e. The Hall–Kier alpha value is -2.56. The van der Waals surface area contributed by atoms with Gasteiger partial charge in [0.15, 0.2) is 0 Å². The molecule has 4 rings (SSSR count). The second kappa shape index (κ2) is 10.8. The largest absolute Gasteiger partial charge is 0.347 e. The minimum atomic E-state index is -0.422. The van der Waals surface area contributed by atoms with Gasteiger partial charge in [0.25, 0.3) is 5.91 Å². The highest BCUT2D eigenvalue weighted by Gasteiger charge is 2.37. The van der Waals surface area contributed by atoms with Gasteiger partial charge in [0.1, 0.15) is 11.7 Å². The Bertz CT molecular complexity index is 1080. The molecule has 2 aliphatic rings. The zero-order valence-electron chi connectivity index (χ0n) is 20.0.